The van der Waals surface area contributed by atoms with E-state index in [-0.39, 0.29) is 16.5 Å². The summed E-state index contributed by atoms with van der Waals surface area (Å²) in [6, 6.07) is 3.81. The van der Waals surface area contributed by atoms with Gasteiger partial charge in [0.05, 0.1) is 5.56 Å². The lowest BCUT2D eigenvalue weighted by Crippen LogP contribution is -2.07. The van der Waals surface area contributed by atoms with Crippen molar-refractivity contribution in [1.82, 2.24) is 9.36 Å². The fourth-order valence-electron chi connectivity index (χ4n) is 1.29. The van der Waals surface area contributed by atoms with Crippen molar-refractivity contribution in [3.63, 3.8) is 0 Å². The second kappa shape index (κ2) is 4.26. The molecular weight excluding hydrogens is 319 g/mol. The van der Waals surface area contributed by atoms with Crippen LogP contribution in [-0.4, -0.2) is 9.36 Å². The molecular formula is C9H5BrF3N3S. The molecule has 1 heterocycles. The number of nitrogens with two attached hydrogens (primary N) is 1. The minimum Gasteiger partial charge on any atom is -0.374 e. The van der Waals surface area contributed by atoms with Gasteiger partial charge in [0.2, 0.25) is 0 Å². The lowest BCUT2D eigenvalue weighted by molar-refractivity contribution is -0.137. The van der Waals surface area contributed by atoms with Crippen molar-refractivity contribution in [2.24, 2.45) is 0 Å². The van der Waals surface area contributed by atoms with Gasteiger partial charge in [-0.2, -0.15) is 22.5 Å². The fraction of sp³-hybridized carbons (Fsp3) is 0.111. The molecule has 0 saturated heterocycles. The van der Waals surface area contributed by atoms with Gasteiger partial charge in [-0.1, -0.05) is 15.9 Å². The summed E-state index contributed by atoms with van der Waals surface area (Å²) in [5.74, 6) is -0.00711. The molecule has 0 radical (unpaired) electrons. The third kappa shape index (κ3) is 2.58. The van der Waals surface area contributed by atoms with Crippen molar-refractivity contribution in [3.05, 3.63) is 28.2 Å². The Bertz CT molecular complexity index is 553. The van der Waals surface area contributed by atoms with Crippen molar-refractivity contribution in [1.29, 1.82) is 0 Å². The maximum absolute atomic E-state index is 12.8. The van der Waals surface area contributed by atoms with Crippen LogP contribution in [0.1, 0.15) is 5.56 Å². The highest BCUT2D eigenvalue weighted by Crippen LogP contribution is 2.38. The predicted molar refractivity (Wildman–Crippen MR) is 62.5 cm³/mol. The number of nitrogen functional groups attached to an aromatic ring is 1. The summed E-state index contributed by atoms with van der Waals surface area (Å²) in [7, 11) is 0. The van der Waals surface area contributed by atoms with E-state index in [2.05, 4.69) is 25.3 Å². The number of rotatable bonds is 1. The van der Waals surface area contributed by atoms with Crippen LogP contribution in [0.15, 0.2) is 22.7 Å². The summed E-state index contributed by atoms with van der Waals surface area (Å²) in [6.45, 7) is 0. The first-order valence-electron chi connectivity index (χ1n) is 4.34. The van der Waals surface area contributed by atoms with Crippen LogP contribution in [-0.2, 0) is 6.18 Å². The van der Waals surface area contributed by atoms with Gasteiger partial charge >= 0.3 is 6.18 Å². The van der Waals surface area contributed by atoms with E-state index in [4.69, 9.17) is 5.73 Å². The molecule has 0 amide bonds. The first-order valence-corrected chi connectivity index (χ1v) is 5.91. The molecule has 0 aliphatic carbocycles. The second-order valence-corrected chi connectivity index (χ2v) is 4.84. The van der Waals surface area contributed by atoms with Crippen molar-refractivity contribution < 1.29 is 13.2 Å². The summed E-state index contributed by atoms with van der Waals surface area (Å²) in [6.07, 6.45) is -4.46. The van der Waals surface area contributed by atoms with Crippen LogP contribution >= 0.6 is 27.5 Å². The molecule has 0 atom stereocenters. The van der Waals surface area contributed by atoms with E-state index < -0.39 is 11.7 Å². The standard InChI is InChI=1S/C9H5BrF3N3S/c10-4-1-2-5(6(3-4)9(11,12)13)7-15-8(14)17-16-7/h1-3H,(H2,14,15,16). The minimum atomic E-state index is -4.46. The lowest BCUT2D eigenvalue weighted by Gasteiger charge is -2.10. The highest BCUT2D eigenvalue weighted by atomic mass is 79.9. The maximum atomic E-state index is 12.8. The molecule has 0 unspecified atom stereocenters. The molecule has 8 heteroatoms. The number of halogens is 4. The Balaban J connectivity index is 2.61. The Hall–Kier alpha value is -1.15. The van der Waals surface area contributed by atoms with Crippen LogP contribution < -0.4 is 5.73 Å². The SMILES string of the molecule is Nc1nc(-c2ccc(Br)cc2C(F)(F)F)ns1. The summed E-state index contributed by atoms with van der Waals surface area (Å²) < 4.78 is 42.6. The van der Waals surface area contributed by atoms with Crippen molar-refractivity contribution in [2.75, 3.05) is 5.73 Å². The van der Waals surface area contributed by atoms with Gasteiger partial charge in [0, 0.05) is 21.6 Å². The molecule has 0 aliphatic rings. The van der Waals surface area contributed by atoms with E-state index in [1.54, 1.807) is 0 Å². The predicted octanol–water partition coefficient (Wildman–Crippen LogP) is 3.57. The van der Waals surface area contributed by atoms with E-state index in [0.29, 0.717) is 4.47 Å². The second-order valence-electron chi connectivity index (χ2n) is 3.14. The number of hydrogen-bond donors (Lipinski definition) is 1. The molecule has 17 heavy (non-hydrogen) atoms. The van der Waals surface area contributed by atoms with Crippen molar-refractivity contribution in [2.45, 2.75) is 6.18 Å². The van der Waals surface area contributed by atoms with Crippen LogP contribution in [0.4, 0.5) is 18.3 Å². The summed E-state index contributed by atoms with van der Waals surface area (Å²) in [5.41, 5.74) is 4.50. The molecule has 0 aliphatic heterocycles. The molecule has 1 aromatic heterocycles. The van der Waals surface area contributed by atoms with Gasteiger partial charge in [0.25, 0.3) is 0 Å². The largest absolute Gasteiger partial charge is 0.417 e. The fourth-order valence-corrected chi connectivity index (χ4v) is 2.10. The number of nitrogens with zero attached hydrogens (tertiary/aromatic N) is 2. The number of aromatic nitrogens is 2. The van der Waals surface area contributed by atoms with Gasteiger partial charge in [0.1, 0.15) is 0 Å². The van der Waals surface area contributed by atoms with Gasteiger partial charge in [-0.3, -0.25) is 0 Å². The van der Waals surface area contributed by atoms with Gasteiger partial charge in [-0.25, -0.2) is 0 Å². The molecule has 0 saturated carbocycles. The Morgan fingerprint density at radius 3 is 2.53 bits per heavy atom. The van der Waals surface area contributed by atoms with Gasteiger partial charge in [-0.15, -0.1) is 0 Å². The number of hydrogen-bond acceptors (Lipinski definition) is 4. The molecule has 0 spiro atoms. The lowest BCUT2D eigenvalue weighted by atomic mass is 10.1. The van der Waals surface area contributed by atoms with Crippen molar-refractivity contribution in [3.8, 4) is 11.4 Å². The topological polar surface area (TPSA) is 51.8 Å². The molecule has 2 N–H and O–H groups in total. The van der Waals surface area contributed by atoms with E-state index in [1.165, 1.54) is 12.1 Å². The van der Waals surface area contributed by atoms with E-state index >= 15 is 0 Å². The van der Waals surface area contributed by atoms with Crippen LogP contribution in [0.3, 0.4) is 0 Å². The summed E-state index contributed by atoms with van der Waals surface area (Å²) in [4.78, 5) is 3.75. The smallest absolute Gasteiger partial charge is 0.374 e. The zero-order chi connectivity index (χ0) is 12.6. The summed E-state index contributed by atoms with van der Waals surface area (Å²) in [5, 5.41) is 0.135. The van der Waals surface area contributed by atoms with Crippen molar-refractivity contribution >= 4 is 32.6 Å². The average molecular weight is 324 g/mol. The molecule has 1 aromatic carbocycles. The number of alkyl halides is 3. The van der Waals surface area contributed by atoms with Gasteiger partial charge in [-0.05, 0) is 18.2 Å². The third-order valence-electron chi connectivity index (χ3n) is 1.97. The molecule has 2 aromatic rings. The first-order chi connectivity index (χ1) is 7.88. The minimum absolute atomic E-state index is 0.00711. The Kier molecular flexibility index (Phi) is 3.09. The number of anilines is 1. The Labute approximate surface area is 107 Å². The van der Waals surface area contributed by atoms with Gasteiger partial charge in [0.15, 0.2) is 11.0 Å². The average Bonchev–Trinajstić information content (AvgIpc) is 2.63. The summed E-state index contributed by atoms with van der Waals surface area (Å²) >= 11 is 3.86. The normalized spacial score (nSPS) is 11.8. The highest BCUT2D eigenvalue weighted by Gasteiger charge is 2.34. The van der Waals surface area contributed by atoms with E-state index in [0.717, 1.165) is 17.6 Å². The molecule has 0 fully saturated rings. The van der Waals surface area contributed by atoms with E-state index in [9.17, 15) is 13.2 Å². The molecule has 90 valence electrons. The van der Waals surface area contributed by atoms with Gasteiger partial charge < -0.3 is 5.73 Å². The van der Waals surface area contributed by atoms with Crippen LogP contribution in [0.5, 0.6) is 0 Å². The van der Waals surface area contributed by atoms with Crippen LogP contribution in [0.25, 0.3) is 11.4 Å². The first kappa shape index (κ1) is 12.3. The third-order valence-corrected chi connectivity index (χ3v) is 3.01. The number of benzene rings is 1. The molecule has 3 nitrogen and oxygen atoms in total. The monoisotopic (exact) mass is 323 g/mol. The maximum Gasteiger partial charge on any atom is 0.417 e. The van der Waals surface area contributed by atoms with Crippen LogP contribution in [0.2, 0.25) is 0 Å². The Morgan fingerprint density at radius 2 is 2.00 bits per heavy atom. The van der Waals surface area contributed by atoms with E-state index in [1.807, 2.05) is 0 Å². The molecule has 2 rings (SSSR count). The quantitative estimate of drug-likeness (QED) is 0.872. The molecule has 0 bridgehead atoms. The highest BCUT2D eigenvalue weighted by molar-refractivity contribution is 9.10. The van der Waals surface area contributed by atoms with Crippen LogP contribution in [0, 0.1) is 0 Å². The zero-order valence-corrected chi connectivity index (χ0v) is 10.5. The Morgan fingerprint density at radius 1 is 1.29 bits per heavy atom. The zero-order valence-electron chi connectivity index (χ0n) is 8.12.